The van der Waals surface area contributed by atoms with Gasteiger partial charge in [-0.15, -0.1) is 11.3 Å². The second kappa shape index (κ2) is 6.27. The highest BCUT2D eigenvalue weighted by Crippen LogP contribution is 2.11. The summed E-state index contributed by atoms with van der Waals surface area (Å²) in [5.74, 6) is 0.0301. The Morgan fingerprint density at radius 1 is 1.32 bits per heavy atom. The number of sulfonamides is 1. The molecule has 4 nitrogen and oxygen atoms in total. The fourth-order valence-electron chi connectivity index (χ4n) is 1.72. The van der Waals surface area contributed by atoms with Crippen LogP contribution in [0.4, 0.5) is 0 Å². The number of aryl methyl sites for hydroxylation is 1. The Morgan fingerprint density at radius 2 is 2.11 bits per heavy atom. The Balaban J connectivity index is 1.90. The van der Waals surface area contributed by atoms with Gasteiger partial charge in [-0.3, -0.25) is 4.98 Å². The van der Waals surface area contributed by atoms with Crippen LogP contribution in [-0.4, -0.2) is 19.9 Å². The molecule has 1 aromatic carbocycles. The quantitative estimate of drug-likeness (QED) is 0.888. The largest absolute Gasteiger partial charge is 0.253 e. The lowest BCUT2D eigenvalue weighted by Crippen LogP contribution is -2.27. The van der Waals surface area contributed by atoms with Gasteiger partial charge in [0.2, 0.25) is 10.0 Å². The van der Waals surface area contributed by atoms with Crippen molar-refractivity contribution in [1.82, 2.24) is 9.71 Å². The first-order valence-electron chi connectivity index (χ1n) is 5.96. The fraction of sp³-hybridized carbons (Fsp3) is 0.308. The second-order valence-corrected chi connectivity index (χ2v) is 7.08. The standard InChI is InChI=1S/C13H16N2O2S2/c1-11-4-2-3-5-12(11)9-19(16,17)15-7-6-13-8-14-10-18-13/h2-5,8,10,15H,6-7,9H2,1H3. The van der Waals surface area contributed by atoms with Crippen LogP contribution in [0.3, 0.4) is 0 Å². The SMILES string of the molecule is Cc1ccccc1CS(=O)(=O)NCCc1cncs1. The van der Waals surface area contributed by atoms with Crippen molar-refractivity contribution in [2.24, 2.45) is 0 Å². The molecule has 0 saturated carbocycles. The van der Waals surface area contributed by atoms with Crippen LogP contribution in [0.25, 0.3) is 0 Å². The maximum absolute atomic E-state index is 12.0. The van der Waals surface area contributed by atoms with Crippen LogP contribution in [0.1, 0.15) is 16.0 Å². The predicted molar refractivity (Wildman–Crippen MR) is 77.6 cm³/mol. The lowest BCUT2D eigenvalue weighted by molar-refractivity contribution is 0.581. The molecular formula is C13H16N2O2S2. The van der Waals surface area contributed by atoms with Gasteiger partial charge < -0.3 is 0 Å². The van der Waals surface area contributed by atoms with Crippen LogP contribution in [0.15, 0.2) is 36.0 Å². The summed E-state index contributed by atoms with van der Waals surface area (Å²) in [6.07, 6.45) is 2.44. The summed E-state index contributed by atoms with van der Waals surface area (Å²) in [5, 5.41) is 0. The number of aromatic nitrogens is 1. The summed E-state index contributed by atoms with van der Waals surface area (Å²) in [7, 11) is -3.28. The molecule has 0 fully saturated rings. The molecule has 1 heterocycles. The molecule has 0 atom stereocenters. The van der Waals surface area contributed by atoms with Gasteiger partial charge in [0.1, 0.15) is 0 Å². The summed E-state index contributed by atoms with van der Waals surface area (Å²) < 4.78 is 26.5. The van der Waals surface area contributed by atoms with Crippen molar-refractivity contribution in [2.75, 3.05) is 6.54 Å². The fourth-order valence-corrected chi connectivity index (χ4v) is 3.57. The lowest BCUT2D eigenvalue weighted by Gasteiger charge is -2.08. The minimum Gasteiger partial charge on any atom is -0.253 e. The number of hydrogen-bond acceptors (Lipinski definition) is 4. The number of hydrogen-bond donors (Lipinski definition) is 1. The van der Waals surface area contributed by atoms with E-state index in [4.69, 9.17) is 0 Å². The van der Waals surface area contributed by atoms with Crippen LogP contribution >= 0.6 is 11.3 Å². The Hall–Kier alpha value is -1.24. The molecule has 2 aromatic rings. The minimum absolute atomic E-state index is 0.0301. The molecule has 2 rings (SSSR count). The third-order valence-electron chi connectivity index (χ3n) is 2.78. The zero-order valence-electron chi connectivity index (χ0n) is 10.7. The van der Waals surface area contributed by atoms with E-state index in [2.05, 4.69) is 9.71 Å². The molecule has 0 spiro atoms. The normalized spacial score (nSPS) is 11.6. The highest BCUT2D eigenvalue weighted by atomic mass is 32.2. The molecule has 19 heavy (non-hydrogen) atoms. The van der Waals surface area contributed by atoms with E-state index in [1.54, 1.807) is 11.7 Å². The molecule has 0 amide bonds. The number of thiazole rings is 1. The van der Waals surface area contributed by atoms with Crippen LogP contribution < -0.4 is 4.72 Å². The van der Waals surface area contributed by atoms with Gasteiger partial charge in [0.15, 0.2) is 0 Å². The number of benzene rings is 1. The van der Waals surface area contributed by atoms with Crippen molar-refractivity contribution in [3.63, 3.8) is 0 Å². The van der Waals surface area contributed by atoms with Gasteiger partial charge in [-0.05, 0) is 24.5 Å². The molecule has 6 heteroatoms. The molecule has 0 bridgehead atoms. The van der Waals surface area contributed by atoms with E-state index in [0.717, 1.165) is 16.0 Å². The van der Waals surface area contributed by atoms with E-state index in [9.17, 15) is 8.42 Å². The first-order valence-corrected chi connectivity index (χ1v) is 8.49. The van der Waals surface area contributed by atoms with Crippen LogP contribution in [-0.2, 0) is 22.2 Å². The van der Waals surface area contributed by atoms with Gasteiger partial charge in [-0.2, -0.15) is 0 Å². The highest BCUT2D eigenvalue weighted by Gasteiger charge is 2.12. The van der Waals surface area contributed by atoms with Crippen molar-refractivity contribution in [2.45, 2.75) is 19.1 Å². The molecule has 1 N–H and O–H groups in total. The predicted octanol–water partition coefficient (Wildman–Crippen LogP) is 2.11. The maximum Gasteiger partial charge on any atom is 0.215 e. The smallest absolute Gasteiger partial charge is 0.215 e. The summed E-state index contributed by atoms with van der Waals surface area (Å²) in [6.45, 7) is 2.33. The Labute approximate surface area is 117 Å². The monoisotopic (exact) mass is 296 g/mol. The topological polar surface area (TPSA) is 59.1 Å². The molecular weight excluding hydrogens is 280 g/mol. The molecule has 0 aliphatic carbocycles. The van der Waals surface area contributed by atoms with Gasteiger partial charge in [0.05, 0.1) is 11.3 Å². The molecule has 0 unspecified atom stereocenters. The summed E-state index contributed by atoms with van der Waals surface area (Å²) in [6, 6.07) is 7.53. The van der Waals surface area contributed by atoms with E-state index in [1.165, 1.54) is 11.3 Å². The summed E-state index contributed by atoms with van der Waals surface area (Å²) in [4.78, 5) is 5.04. The average Bonchev–Trinajstić information content (AvgIpc) is 2.85. The van der Waals surface area contributed by atoms with E-state index in [1.807, 2.05) is 31.2 Å². The van der Waals surface area contributed by atoms with Crippen molar-refractivity contribution in [1.29, 1.82) is 0 Å². The van der Waals surface area contributed by atoms with Crippen molar-refractivity contribution in [3.8, 4) is 0 Å². The Morgan fingerprint density at radius 3 is 2.79 bits per heavy atom. The third kappa shape index (κ3) is 4.41. The summed E-state index contributed by atoms with van der Waals surface area (Å²) >= 11 is 1.53. The van der Waals surface area contributed by atoms with Crippen molar-refractivity contribution in [3.05, 3.63) is 52.0 Å². The van der Waals surface area contributed by atoms with Gasteiger partial charge in [0, 0.05) is 17.6 Å². The zero-order valence-corrected chi connectivity index (χ0v) is 12.3. The summed E-state index contributed by atoms with van der Waals surface area (Å²) in [5.41, 5.74) is 3.58. The third-order valence-corrected chi connectivity index (χ3v) is 4.96. The molecule has 0 saturated heterocycles. The second-order valence-electron chi connectivity index (χ2n) is 4.30. The van der Waals surface area contributed by atoms with Crippen LogP contribution in [0, 0.1) is 6.92 Å². The first kappa shape index (κ1) is 14.2. The van der Waals surface area contributed by atoms with E-state index in [-0.39, 0.29) is 5.75 Å². The number of rotatable bonds is 6. The molecule has 0 aliphatic heterocycles. The average molecular weight is 296 g/mol. The van der Waals surface area contributed by atoms with Crippen LogP contribution in [0.5, 0.6) is 0 Å². The van der Waals surface area contributed by atoms with Crippen molar-refractivity contribution < 1.29 is 8.42 Å². The van der Waals surface area contributed by atoms with Crippen molar-refractivity contribution >= 4 is 21.4 Å². The number of nitrogens with zero attached hydrogens (tertiary/aromatic N) is 1. The molecule has 102 valence electrons. The van der Waals surface area contributed by atoms with E-state index in [0.29, 0.717) is 13.0 Å². The minimum atomic E-state index is -3.28. The Bertz CT molecular complexity index is 622. The van der Waals surface area contributed by atoms with Gasteiger partial charge in [0.25, 0.3) is 0 Å². The molecule has 1 aromatic heterocycles. The van der Waals surface area contributed by atoms with Gasteiger partial charge >= 0.3 is 0 Å². The maximum atomic E-state index is 12.0. The van der Waals surface area contributed by atoms with Gasteiger partial charge in [-0.25, -0.2) is 13.1 Å². The highest BCUT2D eigenvalue weighted by molar-refractivity contribution is 7.88. The van der Waals surface area contributed by atoms with Gasteiger partial charge in [-0.1, -0.05) is 24.3 Å². The van der Waals surface area contributed by atoms with E-state index < -0.39 is 10.0 Å². The zero-order chi connectivity index (χ0) is 13.7. The molecule has 0 radical (unpaired) electrons. The Kier molecular flexibility index (Phi) is 4.68. The van der Waals surface area contributed by atoms with Crippen LogP contribution in [0.2, 0.25) is 0 Å². The molecule has 0 aliphatic rings. The van der Waals surface area contributed by atoms with E-state index >= 15 is 0 Å². The number of nitrogens with one attached hydrogen (secondary N) is 1. The lowest BCUT2D eigenvalue weighted by atomic mass is 10.1. The first-order chi connectivity index (χ1) is 9.07.